The van der Waals surface area contributed by atoms with Crippen molar-refractivity contribution in [3.05, 3.63) is 24.3 Å². The largest absolute Gasteiger partial charge is 0.497 e. The zero-order valence-electron chi connectivity index (χ0n) is 16.5. The molecule has 0 aromatic heterocycles. The SMILES string of the molecule is COc1ccc(S(=O)(=O)NCCCCCC(=O)NCCN2CCOCC2)cc1. The number of nitrogens with one attached hydrogen (secondary N) is 2. The van der Waals surface area contributed by atoms with Gasteiger partial charge in [-0.05, 0) is 37.1 Å². The van der Waals surface area contributed by atoms with Crippen molar-refractivity contribution in [1.82, 2.24) is 14.9 Å². The van der Waals surface area contributed by atoms with Gasteiger partial charge in [-0.15, -0.1) is 0 Å². The highest BCUT2D eigenvalue weighted by Gasteiger charge is 2.13. The van der Waals surface area contributed by atoms with Crippen LogP contribution in [0.4, 0.5) is 0 Å². The van der Waals surface area contributed by atoms with Gasteiger partial charge < -0.3 is 14.8 Å². The van der Waals surface area contributed by atoms with Crippen LogP contribution in [0.3, 0.4) is 0 Å². The van der Waals surface area contributed by atoms with E-state index in [-0.39, 0.29) is 10.8 Å². The number of carbonyl (C=O) groups excluding carboxylic acids is 1. The number of methoxy groups -OCH3 is 1. The molecular weight excluding hydrogens is 382 g/mol. The summed E-state index contributed by atoms with van der Waals surface area (Å²) in [5.74, 6) is 0.661. The fourth-order valence-corrected chi connectivity index (χ4v) is 3.97. The van der Waals surface area contributed by atoms with E-state index in [4.69, 9.17) is 9.47 Å². The summed E-state index contributed by atoms with van der Waals surface area (Å²) < 4.78 is 37.3. The minimum Gasteiger partial charge on any atom is -0.497 e. The second kappa shape index (κ2) is 12.0. The van der Waals surface area contributed by atoms with Crippen molar-refractivity contribution in [2.24, 2.45) is 0 Å². The number of hydrogen-bond donors (Lipinski definition) is 2. The topological polar surface area (TPSA) is 97.0 Å². The highest BCUT2D eigenvalue weighted by molar-refractivity contribution is 7.89. The van der Waals surface area contributed by atoms with Gasteiger partial charge in [-0.3, -0.25) is 9.69 Å². The molecule has 8 nitrogen and oxygen atoms in total. The van der Waals surface area contributed by atoms with Crippen LogP contribution in [0.1, 0.15) is 25.7 Å². The van der Waals surface area contributed by atoms with Gasteiger partial charge in [0, 0.05) is 39.1 Å². The summed E-state index contributed by atoms with van der Waals surface area (Å²) in [6.07, 6.45) is 2.69. The third kappa shape index (κ3) is 8.14. The quantitative estimate of drug-likeness (QED) is 0.496. The molecule has 1 aromatic carbocycles. The number of unbranched alkanes of at least 4 members (excludes halogenated alkanes) is 2. The fourth-order valence-electron chi connectivity index (χ4n) is 2.90. The van der Waals surface area contributed by atoms with Gasteiger partial charge in [-0.25, -0.2) is 13.1 Å². The van der Waals surface area contributed by atoms with Crippen molar-refractivity contribution in [2.45, 2.75) is 30.6 Å². The van der Waals surface area contributed by atoms with Gasteiger partial charge in [-0.2, -0.15) is 0 Å². The lowest BCUT2D eigenvalue weighted by molar-refractivity contribution is -0.121. The maximum atomic E-state index is 12.2. The maximum Gasteiger partial charge on any atom is 0.240 e. The first-order valence-corrected chi connectivity index (χ1v) is 11.2. The third-order valence-electron chi connectivity index (χ3n) is 4.60. The lowest BCUT2D eigenvalue weighted by Gasteiger charge is -2.26. The number of rotatable bonds is 12. The van der Waals surface area contributed by atoms with E-state index in [1.165, 1.54) is 19.2 Å². The summed E-state index contributed by atoms with van der Waals surface area (Å²) >= 11 is 0. The molecule has 158 valence electrons. The van der Waals surface area contributed by atoms with Gasteiger partial charge in [0.1, 0.15) is 5.75 Å². The lowest BCUT2D eigenvalue weighted by atomic mass is 10.2. The van der Waals surface area contributed by atoms with Crippen LogP contribution in [-0.4, -0.2) is 72.3 Å². The summed E-state index contributed by atoms with van der Waals surface area (Å²) in [4.78, 5) is 14.3. The van der Waals surface area contributed by atoms with Crippen LogP contribution in [-0.2, 0) is 19.6 Å². The van der Waals surface area contributed by atoms with Crippen LogP contribution in [0.2, 0.25) is 0 Å². The van der Waals surface area contributed by atoms with Crippen molar-refractivity contribution < 1.29 is 22.7 Å². The summed E-state index contributed by atoms with van der Waals surface area (Å²) in [6, 6.07) is 6.27. The molecule has 1 aromatic rings. The van der Waals surface area contributed by atoms with Gasteiger partial charge >= 0.3 is 0 Å². The van der Waals surface area contributed by atoms with Crippen LogP contribution in [0.25, 0.3) is 0 Å². The average molecular weight is 414 g/mol. The number of amides is 1. The van der Waals surface area contributed by atoms with Crippen molar-refractivity contribution >= 4 is 15.9 Å². The highest BCUT2D eigenvalue weighted by Crippen LogP contribution is 2.15. The molecular formula is C19H31N3O5S. The minimum absolute atomic E-state index is 0.0482. The number of benzene rings is 1. The summed E-state index contributed by atoms with van der Waals surface area (Å²) in [7, 11) is -1.98. The second-order valence-corrected chi connectivity index (χ2v) is 8.45. The van der Waals surface area contributed by atoms with E-state index in [9.17, 15) is 13.2 Å². The van der Waals surface area contributed by atoms with Crippen LogP contribution >= 0.6 is 0 Å². The number of nitrogens with zero attached hydrogens (tertiary/aromatic N) is 1. The number of ether oxygens (including phenoxy) is 2. The highest BCUT2D eigenvalue weighted by atomic mass is 32.2. The zero-order valence-corrected chi connectivity index (χ0v) is 17.3. The van der Waals surface area contributed by atoms with Crippen molar-refractivity contribution in [3.8, 4) is 5.75 Å². The van der Waals surface area contributed by atoms with Crippen molar-refractivity contribution in [3.63, 3.8) is 0 Å². The van der Waals surface area contributed by atoms with Crippen molar-refractivity contribution in [1.29, 1.82) is 0 Å². The molecule has 1 amide bonds. The monoisotopic (exact) mass is 413 g/mol. The van der Waals surface area contributed by atoms with Gasteiger partial charge in [0.05, 0.1) is 25.2 Å². The van der Waals surface area contributed by atoms with Gasteiger partial charge in [0.15, 0.2) is 0 Å². The zero-order chi connectivity index (χ0) is 20.2. The maximum absolute atomic E-state index is 12.2. The fraction of sp³-hybridized carbons (Fsp3) is 0.632. The summed E-state index contributed by atoms with van der Waals surface area (Å²) in [5.41, 5.74) is 0. The molecule has 0 atom stereocenters. The van der Waals surface area contributed by atoms with E-state index < -0.39 is 10.0 Å². The Balaban J connectivity index is 1.52. The molecule has 0 radical (unpaired) electrons. The normalized spacial score (nSPS) is 15.3. The average Bonchev–Trinajstić information content (AvgIpc) is 2.71. The van der Waals surface area contributed by atoms with E-state index in [0.29, 0.717) is 31.7 Å². The number of carbonyl (C=O) groups is 1. The molecule has 2 rings (SSSR count). The molecule has 0 spiro atoms. The van der Waals surface area contributed by atoms with Crippen LogP contribution in [0.15, 0.2) is 29.2 Å². The lowest BCUT2D eigenvalue weighted by Crippen LogP contribution is -2.41. The standard InChI is InChI=1S/C19H31N3O5S/c1-26-17-6-8-18(9-7-17)28(24,25)21-10-4-2-3-5-19(23)20-11-12-22-13-15-27-16-14-22/h6-9,21H,2-5,10-16H2,1H3,(H,20,23). The first kappa shape index (κ1) is 22.6. The Morgan fingerprint density at radius 3 is 2.50 bits per heavy atom. The van der Waals surface area contributed by atoms with E-state index in [2.05, 4.69) is 14.9 Å². The predicted molar refractivity (Wildman–Crippen MR) is 107 cm³/mol. The first-order chi connectivity index (χ1) is 13.5. The Bertz CT molecular complexity index is 688. The molecule has 0 bridgehead atoms. The number of sulfonamides is 1. The molecule has 0 unspecified atom stereocenters. The number of morpholine rings is 1. The molecule has 1 aliphatic heterocycles. The molecule has 9 heteroatoms. The van der Waals surface area contributed by atoms with Crippen molar-refractivity contribution in [2.75, 3.05) is 53.0 Å². The Hall–Kier alpha value is -1.68. The van der Waals surface area contributed by atoms with Gasteiger partial charge in [-0.1, -0.05) is 6.42 Å². The molecule has 1 heterocycles. The second-order valence-electron chi connectivity index (χ2n) is 6.69. The smallest absolute Gasteiger partial charge is 0.240 e. The Morgan fingerprint density at radius 2 is 1.82 bits per heavy atom. The van der Waals surface area contributed by atoms with E-state index in [1.807, 2.05) is 0 Å². The van der Waals surface area contributed by atoms with Crippen LogP contribution in [0.5, 0.6) is 5.75 Å². The predicted octanol–water partition coefficient (Wildman–Crippen LogP) is 0.982. The molecule has 1 saturated heterocycles. The Kier molecular flexibility index (Phi) is 9.69. The molecule has 1 fully saturated rings. The van der Waals surface area contributed by atoms with Crippen LogP contribution in [0, 0.1) is 0 Å². The van der Waals surface area contributed by atoms with E-state index >= 15 is 0 Å². The molecule has 0 aliphatic carbocycles. The summed E-state index contributed by atoms with van der Waals surface area (Å²) in [6.45, 7) is 5.21. The molecule has 1 aliphatic rings. The first-order valence-electron chi connectivity index (χ1n) is 9.72. The van der Waals surface area contributed by atoms with Gasteiger partial charge in [0.25, 0.3) is 0 Å². The molecule has 28 heavy (non-hydrogen) atoms. The van der Waals surface area contributed by atoms with Gasteiger partial charge in [0.2, 0.25) is 15.9 Å². The molecule has 2 N–H and O–H groups in total. The van der Waals surface area contributed by atoms with Crippen LogP contribution < -0.4 is 14.8 Å². The Morgan fingerprint density at radius 1 is 1.11 bits per heavy atom. The number of hydrogen-bond acceptors (Lipinski definition) is 6. The minimum atomic E-state index is -3.51. The summed E-state index contributed by atoms with van der Waals surface area (Å²) in [5, 5.41) is 2.93. The third-order valence-corrected chi connectivity index (χ3v) is 6.07. The van der Waals surface area contributed by atoms with E-state index in [0.717, 1.165) is 45.7 Å². The Labute approximate surface area is 167 Å². The van der Waals surface area contributed by atoms with E-state index in [1.54, 1.807) is 12.1 Å². The molecule has 0 saturated carbocycles.